The van der Waals surface area contributed by atoms with Crippen molar-refractivity contribution in [3.63, 3.8) is 0 Å². The third-order valence-corrected chi connectivity index (χ3v) is 1.77. The van der Waals surface area contributed by atoms with E-state index in [1.54, 1.807) is 0 Å². The van der Waals surface area contributed by atoms with Crippen LogP contribution in [0.15, 0.2) is 30.3 Å². The Bertz CT molecular complexity index is 269. The number of ketones is 1. The molecular weight excluding hydrogens is 180 g/mol. The molecule has 0 aromatic heterocycles. The summed E-state index contributed by atoms with van der Waals surface area (Å²) in [5.74, 6) is -0.405. The van der Waals surface area contributed by atoms with Gasteiger partial charge < -0.3 is 9.84 Å². The van der Waals surface area contributed by atoms with Crippen LogP contribution in [-0.2, 0) is 16.0 Å². The van der Waals surface area contributed by atoms with E-state index in [9.17, 15) is 4.79 Å². The second-order valence-electron chi connectivity index (χ2n) is 2.88. The number of benzene rings is 1. The number of ether oxygens (including phenoxy) is 1. The Kier molecular flexibility index (Phi) is 4.89. The number of carbonyl (C=O) groups is 1. The maximum Gasteiger partial charge on any atom is 0.189 e. The van der Waals surface area contributed by atoms with Gasteiger partial charge in [-0.1, -0.05) is 30.3 Å². The van der Waals surface area contributed by atoms with Crippen LogP contribution in [0, 0.1) is 6.61 Å². The van der Waals surface area contributed by atoms with Crippen molar-refractivity contribution in [1.82, 2.24) is 0 Å². The fourth-order valence-electron chi connectivity index (χ4n) is 1.04. The standard InChI is InChI=1S/C11H13O3/c12-8-11(13)9-14-7-6-10-4-2-1-3-5-10/h1-5,8,12H,6-7,9H2. The Labute approximate surface area is 83.3 Å². The van der Waals surface area contributed by atoms with Gasteiger partial charge in [-0.05, 0) is 12.0 Å². The monoisotopic (exact) mass is 193 g/mol. The highest BCUT2D eigenvalue weighted by molar-refractivity contribution is 5.86. The third-order valence-electron chi connectivity index (χ3n) is 1.77. The minimum absolute atomic E-state index is 0.0522. The molecule has 3 heteroatoms. The minimum Gasteiger partial charge on any atom is -0.382 e. The molecule has 1 rings (SSSR count). The molecule has 0 amide bonds. The van der Waals surface area contributed by atoms with Crippen LogP contribution in [0.4, 0.5) is 0 Å². The molecule has 0 unspecified atom stereocenters. The Hall–Kier alpha value is -1.19. The zero-order valence-electron chi connectivity index (χ0n) is 7.85. The van der Waals surface area contributed by atoms with Gasteiger partial charge in [-0.3, -0.25) is 4.79 Å². The van der Waals surface area contributed by atoms with Gasteiger partial charge in [-0.2, -0.15) is 0 Å². The Morgan fingerprint density at radius 3 is 2.71 bits per heavy atom. The molecule has 3 nitrogen and oxygen atoms in total. The van der Waals surface area contributed by atoms with Crippen LogP contribution in [0.5, 0.6) is 0 Å². The number of carbonyl (C=O) groups excluding carboxylic acids is 1. The van der Waals surface area contributed by atoms with Crippen molar-refractivity contribution in [3.8, 4) is 0 Å². The second kappa shape index (κ2) is 6.29. The molecule has 0 aliphatic rings. The van der Waals surface area contributed by atoms with Crippen molar-refractivity contribution in [2.24, 2.45) is 0 Å². The van der Waals surface area contributed by atoms with Crippen molar-refractivity contribution in [1.29, 1.82) is 0 Å². The first-order valence-corrected chi connectivity index (χ1v) is 4.45. The van der Waals surface area contributed by atoms with Crippen LogP contribution in [0.2, 0.25) is 0 Å². The van der Waals surface area contributed by atoms with Crippen LogP contribution in [0.3, 0.4) is 0 Å². The average Bonchev–Trinajstić information content (AvgIpc) is 2.25. The van der Waals surface area contributed by atoms with E-state index in [-0.39, 0.29) is 6.61 Å². The van der Waals surface area contributed by atoms with Crippen LogP contribution >= 0.6 is 0 Å². The van der Waals surface area contributed by atoms with Crippen molar-refractivity contribution in [2.45, 2.75) is 6.42 Å². The smallest absolute Gasteiger partial charge is 0.189 e. The lowest BCUT2D eigenvalue weighted by Crippen LogP contribution is -2.10. The van der Waals surface area contributed by atoms with Gasteiger partial charge in [0.15, 0.2) is 5.78 Å². The van der Waals surface area contributed by atoms with E-state index in [4.69, 9.17) is 9.84 Å². The molecule has 0 heterocycles. The second-order valence-corrected chi connectivity index (χ2v) is 2.88. The highest BCUT2D eigenvalue weighted by atomic mass is 16.5. The molecule has 75 valence electrons. The van der Waals surface area contributed by atoms with Gasteiger partial charge in [-0.15, -0.1) is 0 Å². The molecule has 0 spiro atoms. The molecule has 0 atom stereocenters. The topological polar surface area (TPSA) is 46.5 Å². The fraction of sp³-hybridized carbons (Fsp3) is 0.273. The summed E-state index contributed by atoms with van der Waals surface area (Å²) in [5.41, 5.74) is 1.17. The lowest BCUT2D eigenvalue weighted by atomic mass is 10.2. The molecule has 0 saturated heterocycles. The molecule has 0 fully saturated rings. The summed E-state index contributed by atoms with van der Waals surface area (Å²) in [4.78, 5) is 10.6. The number of hydrogen-bond donors (Lipinski definition) is 1. The molecule has 1 aromatic rings. The highest BCUT2D eigenvalue weighted by Crippen LogP contribution is 1.99. The molecule has 14 heavy (non-hydrogen) atoms. The Morgan fingerprint density at radius 2 is 2.07 bits per heavy atom. The number of hydrogen-bond acceptors (Lipinski definition) is 3. The first kappa shape index (κ1) is 10.9. The third kappa shape index (κ3) is 4.16. The summed E-state index contributed by atoms with van der Waals surface area (Å²) in [6, 6.07) is 9.88. The molecule has 0 aliphatic carbocycles. The van der Waals surface area contributed by atoms with Gasteiger partial charge in [0.25, 0.3) is 0 Å². The summed E-state index contributed by atoms with van der Waals surface area (Å²) in [7, 11) is 0. The van der Waals surface area contributed by atoms with Crippen molar-refractivity contribution >= 4 is 5.78 Å². The van der Waals surface area contributed by atoms with Gasteiger partial charge in [0, 0.05) is 0 Å². The number of aliphatic hydroxyl groups excluding tert-OH is 1. The zero-order valence-corrected chi connectivity index (χ0v) is 7.85. The molecule has 0 bridgehead atoms. The van der Waals surface area contributed by atoms with E-state index in [1.165, 1.54) is 5.56 Å². The maximum absolute atomic E-state index is 10.6. The summed E-state index contributed by atoms with van der Waals surface area (Å²) < 4.78 is 5.05. The maximum atomic E-state index is 10.6. The van der Waals surface area contributed by atoms with Gasteiger partial charge in [0.1, 0.15) is 13.2 Å². The van der Waals surface area contributed by atoms with Crippen LogP contribution in [0.1, 0.15) is 5.56 Å². The first-order chi connectivity index (χ1) is 6.83. The number of rotatable bonds is 6. The molecule has 0 aliphatic heterocycles. The van der Waals surface area contributed by atoms with Crippen LogP contribution < -0.4 is 0 Å². The van der Waals surface area contributed by atoms with E-state index in [0.29, 0.717) is 13.2 Å². The van der Waals surface area contributed by atoms with E-state index >= 15 is 0 Å². The first-order valence-electron chi connectivity index (χ1n) is 4.45. The zero-order chi connectivity index (χ0) is 10.2. The van der Waals surface area contributed by atoms with Crippen LogP contribution in [-0.4, -0.2) is 24.1 Å². The Morgan fingerprint density at radius 1 is 1.36 bits per heavy atom. The van der Waals surface area contributed by atoms with Gasteiger partial charge >= 0.3 is 0 Å². The predicted molar refractivity (Wildman–Crippen MR) is 52.2 cm³/mol. The van der Waals surface area contributed by atoms with Crippen molar-refractivity contribution in [2.75, 3.05) is 13.2 Å². The molecule has 0 saturated carbocycles. The molecule has 1 aromatic carbocycles. The largest absolute Gasteiger partial charge is 0.382 e. The lowest BCUT2D eigenvalue weighted by molar-refractivity contribution is -0.122. The van der Waals surface area contributed by atoms with E-state index in [2.05, 4.69) is 0 Å². The lowest BCUT2D eigenvalue weighted by Gasteiger charge is -2.02. The summed E-state index contributed by atoms with van der Waals surface area (Å²) in [6.45, 7) is 0.968. The number of aliphatic hydroxyl groups is 1. The summed E-state index contributed by atoms with van der Waals surface area (Å²) >= 11 is 0. The SMILES string of the molecule is O=C([CH]O)COCCc1ccccc1. The summed E-state index contributed by atoms with van der Waals surface area (Å²) in [5, 5.41) is 8.30. The fourth-order valence-corrected chi connectivity index (χ4v) is 1.04. The minimum atomic E-state index is -0.405. The van der Waals surface area contributed by atoms with E-state index in [1.807, 2.05) is 30.3 Å². The van der Waals surface area contributed by atoms with E-state index < -0.39 is 5.78 Å². The van der Waals surface area contributed by atoms with Crippen LogP contribution in [0.25, 0.3) is 0 Å². The average molecular weight is 193 g/mol. The van der Waals surface area contributed by atoms with Gasteiger partial charge in [-0.25, -0.2) is 0 Å². The van der Waals surface area contributed by atoms with Gasteiger partial charge in [0.05, 0.1) is 6.61 Å². The quantitative estimate of drug-likeness (QED) is 0.694. The van der Waals surface area contributed by atoms with Crippen molar-refractivity contribution < 1.29 is 14.6 Å². The summed E-state index contributed by atoms with van der Waals surface area (Å²) in [6.07, 6.45) is 0.777. The highest BCUT2D eigenvalue weighted by Gasteiger charge is 1.99. The van der Waals surface area contributed by atoms with Crippen molar-refractivity contribution in [3.05, 3.63) is 42.5 Å². The molecule has 1 radical (unpaired) electrons. The Balaban J connectivity index is 2.13. The number of Topliss-reactive ketones (excluding diaryl/α,β-unsaturated/α-hetero) is 1. The van der Waals surface area contributed by atoms with Gasteiger partial charge in [0.2, 0.25) is 0 Å². The normalized spacial score (nSPS) is 10.1. The van der Waals surface area contributed by atoms with E-state index in [0.717, 1.165) is 6.42 Å². The molecule has 1 N–H and O–H groups in total. The predicted octanol–water partition coefficient (Wildman–Crippen LogP) is 1.35. The molecular formula is C11H13O3.